The van der Waals surface area contributed by atoms with Gasteiger partial charge in [0.05, 0.1) is 11.4 Å². The van der Waals surface area contributed by atoms with Crippen LogP contribution in [0.2, 0.25) is 0 Å². The first-order valence-electron chi connectivity index (χ1n) is 8.11. The fourth-order valence-electron chi connectivity index (χ4n) is 3.16. The van der Waals surface area contributed by atoms with Crippen molar-refractivity contribution < 1.29 is 0 Å². The Kier molecular flexibility index (Phi) is 4.95. The van der Waals surface area contributed by atoms with Crippen molar-refractivity contribution >= 4 is 17.7 Å². The van der Waals surface area contributed by atoms with Gasteiger partial charge in [0.2, 0.25) is 5.95 Å². The zero-order chi connectivity index (χ0) is 14.7. The van der Waals surface area contributed by atoms with Crippen molar-refractivity contribution in [1.82, 2.24) is 20.1 Å². The van der Waals surface area contributed by atoms with Crippen LogP contribution in [0.25, 0.3) is 0 Å². The first-order valence-corrected chi connectivity index (χ1v) is 9.26. The molecule has 3 heterocycles. The third-order valence-corrected chi connectivity index (χ3v) is 5.66. The standard InChI is InChI=1S/C15H25N5S/c1-3-13-14(4-2)17-18-15(16-13)20-8-6-19(7-9-20)12-5-10-21-11-12/h12H,3-11H2,1-2H3. The molecule has 1 aromatic heterocycles. The van der Waals surface area contributed by atoms with Gasteiger partial charge in [-0.05, 0) is 25.0 Å². The second-order valence-electron chi connectivity index (χ2n) is 5.75. The molecule has 0 aromatic carbocycles. The minimum absolute atomic E-state index is 0.796. The number of hydrogen-bond acceptors (Lipinski definition) is 6. The summed E-state index contributed by atoms with van der Waals surface area (Å²) in [7, 11) is 0. The highest BCUT2D eigenvalue weighted by molar-refractivity contribution is 7.99. The average Bonchev–Trinajstić information content (AvgIpc) is 3.09. The number of aromatic nitrogens is 3. The van der Waals surface area contributed by atoms with E-state index in [4.69, 9.17) is 4.98 Å². The summed E-state index contributed by atoms with van der Waals surface area (Å²) in [6.07, 6.45) is 3.20. The van der Waals surface area contributed by atoms with Gasteiger partial charge in [0.15, 0.2) is 0 Å². The van der Waals surface area contributed by atoms with Gasteiger partial charge >= 0.3 is 0 Å². The Morgan fingerprint density at radius 2 is 1.81 bits per heavy atom. The van der Waals surface area contributed by atoms with Crippen LogP contribution in [0.4, 0.5) is 5.95 Å². The lowest BCUT2D eigenvalue weighted by Crippen LogP contribution is -2.51. The van der Waals surface area contributed by atoms with E-state index in [2.05, 4.69) is 45.6 Å². The van der Waals surface area contributed by atoms with Crippen LogP contribution in [0, 0.1) is 0 Å². The SMILES string of the molecule is CCc1nnc(N2CCN(C3CCSC3)CC2)nc1CC. The van der Waals surface area contributed by atoms with Crippen molar-refractivity contribution in [2.45, 2.75) is 39.2 Å². The van der Waals surface area contributed by atoms with E-state index in [1.54, 1.807) is 0 Å². The van der Waals surface area contributed by atoms with Crippen molar-refractivity contribution in [3.63, 3.8) is 0 Å². The van der Waals surface area contributed by atoms with E-state index < -0.39 is 0 Å². The highest BCUT2D eigenvalue weighted by atomic mass is 32.2. The van der Waals surface area contributed by atoms with E-state index in [9.17, 15) is 0 Å². The van der Waals surface area contributed by atoms with Crippen LogP contribution < -0.4 is 4.90 Å². The molecule has 0 N–H and O–H groups in total. The number of aryl methyl sites for hydroxylation is 2. The quantitative estimate of drug-likeness (QED) is 0.842. The predicted molar refractivity (Wildman–Crippen MR) is 88.1 cm³/mol. The third-order valence-electron chi connectivity index (χ3n) is 4.52. The molecule has 21 heavy (non-hydrogen) atoms. The lowest BCUT2D eigenvalue weighted by atomic mass is 10.2. The van der Waals surface area contributed by atoms with Crippen molar-refractivity contribution in [2.24, 2.45) is 0 Å². The number of nitrogens with zero attached hydrogens (tertiary/aromatic N) is 5. The molecule has 0 radical (unpaired) electrons. The van der Waals surface area contributed by atoms with E-state index in [1.165, 1.54) is 17.9 Å². The maximum Gasteiger partial charge on any atom is 0.245 e. The van der Waals surface area contributed by atoms with Gasteiger partial charge in [-0.2, -0.15) is 16.9 Å². The molecule has 3 rings (SSSR count). The summed E-state index contributed by atoms with van der Waals surface area (Å²) in [5.74, 6) is 3.46. The summed E-state index contributed by atoms with van der Waals surface area (Å²) in [4.78, 5) is 9.68. The fraction of sp³-hybridized carbons (Fsp3) is 0.800. The number of piperazine rings is 1. The molecule has 1 atom stereocenters. The van der Waals surface area contributed by atoms with Crippen LogP contribution in [-0.4, -0.2) is 63.8 Å². The number of rotatable bonds is 4. The summed E-state index contributed by atoms with van der Waals surface area (Å²) in [6, 6.07) is 0.796. The molecule has 2 aliphatic rings. The first-order chi connectivity index (χ1) is 10.3. The minimum atomic E-state index is 0.796. The molecule has 116 valence electrons. The highest BCUT2D eigenvalue weighted by Crippen LogP contribution is 2.24. The Morgan fingerprint density at radius 3 is 2.43 bits per heavy atom. The van der Waals surface area contributed by atoms with Crippen molar-refractivity contribution in [1.29, 1.82) is 0 Å². The molecule has 0 amide bonds. The molecular weight excluding hydrogens is 282 g/mol. The van der Waals surface area contributed by atoms with Gasteiger partial charge in [-0.1, -0.05) is 13.8 Å². The molecule has 5 nitrogen and oxygen atoms in total. The Morgan fingerprint density at radius 1 is 1.05 bits per heavy atom. The predicted octanol–water partition coefficient (Wildman–Crippen LogP) is 1.62. The topological polar surface area (TPSA) is 45.2 Å². The molecule has 0 spiro atoms. The van der Waals surface area contributed by atoms with Crippen molar-refractivity contribution in [3.8, 4) is 0 Å². The van der Waals surface area contributed by atoms with Gasteiger partial charge in [-0.25, -0.2) is 4.98 Å². The maximum atomic E-state index is 4.74. The van der Waals surface area contributed by atoms with Crippen LogP contribution in [0.3, 0.4) is 0 Å². The summed E-state index contributed by atoms with van der Waals surface area (Å²) < 4.78 is 0. The number of anilines is 1. The molecule has 2 saturated heterocycles. The summed E-state index contributed by atoms with van der Waals surface area (Å²) >= 11 is 2.09. The molecule has 0 bridgehead atoms. The Hall–Kier alpha value is -0.880. The Balaban J connectivity index is 1.63. The zero-order valence-electron chi connectivity index (χ0n) is 13.1. The second kappa shape index (κ2) is 6.92. The molecule has 2 aliphatic heterocycles. The summed E-state index contributed by atoms with van der Waals surface area (Å²) in [6.45, 7) is 8.57. The zero-order valence-corrected chi connectivity index (χ0v) is 13.9. The fourth-order valence-corrected chi connectivity index (χ4v) is 4.41. The monoisotopic (exact) mass is 307 g/mol. The Labute approximate surface area is 131 Å². The van der Waals surface area contributed by atoms with Gasteiger partial charge in [-0.15, -0.1) is 5.10 Å². The van der Waals surface area contributed by atoms with Crippen LogP contribution in [0.5, 0.6) is 0 Å². The minimum Gasteiger partial charge on any atom is -0.337 e. The van der Waals surface area contributed by atoms with E-state index in [0.717, 1.165) is 62.4 Å². The third kappa shape index (κ3) is 3.31. The van der Waals surface area contributed by atoms with Crippen LogP contribution in [0.15, 0.2) is 0 Å². The van der Waals surface area contributed by atoms with Crippen LogP contribution in [-0.2, 0) is 12.8 Å². The first kappa shape index (κ1) is 15.0. The van der Waals surface area contributed by atoms with E-state index >= 15 is 0 Å². The largest absolute Gasteiger partial charge is 0.337 e. The van der Waals surface area contributed by atoms with E-state index in [0.29, 0.717) is 0 Å². The molecule has 1 unspecified atom stereocenters. The van der Waals surface area contributed by atoms with Gasteiger partial charge < -0.3 is 4.90 Å². The van der Waals surface area contributed by atoms with Gasteiger partial charge in [0.1, 0.15) is 0 Å². The summed E-state index contributed by atoms with van der Waals surface area (Å²) in [5.41, 5.74) is 2.15. The van der Waals surface area contributed by atoms with Crippen molar-refractivity contribution in [2.75, 3.05) is 42.6 Å². The molecule has 1 aromatic rings. The van der Waals surface area contributed by atoms with Crippen LogP contribution >= 0.6 is 11.8 Å². The van der Waals surface area contributed by atoms with Gasteiger partial charge in [0, 0.05) is 38.0 Å². The number of thioether (sulfide) groups is 1. The van der Waals surface area contributed by atoms with E-state index in [-0.39, 0.29) is 0 Å². The van der Waals surface area contributed by atoms with Gasteiger partial charge in [0.25, 0.3) is 0 Å². The summed E-state index contributed by atoms with van der Waals surface area (Å²) in [5, 5.41) is 8.72. The van der Waals surface area contributed by atoms with E-state index in [1.807, 2.05) is 0 Å². The normalized spacial score (nSPS) is 23.7. The molecule has 2 fully saturated rings. The maximum absolute atomic E-state index is 4.74. The highest BCUT2D eigenvalue weighted by Gasteiger charge is 2.27. The molecule has 6 heteroatoms. The van der Waals surface area contributed by atoms with Crippen LogP contribution in [0.1, 0.15) is 31.7 Å². The molecule has 0 aliphatic carbocycles. The average molecular weight is 307 g/mol. The Bertz CT molecular complexity index is 467. The number of hydrogen-bond donors (Lipinski definition) is 0. The lowest BCUT2D eigenvalue weighted by molar-refractivity contribution is 0.200. The smallest absolute Gasteiger partial charge is 0.245 e. The second-order valence-corrected chi connectivity index (χ2v) is 6.90. The van der Waals surface area contributed by atoms with Crippen molar-refractivity contribution in [3.05, 3.63) is 11.4 Å². The molecule has 0 saturated carbocycles. The van der Waals surface area contributed by atoms with Gasteiger partial charge in [-0.3, -0.25) is 4.90 Å². The lowest BCUT2D eigenvalue weighted by Gasteiger charge is -2.37. The molecular formula is C15H25N5S.